The molecule has 2 aromatic heterocycles. The Morgan fingerprint density at radius 1 is 1.24 bits per heavy atom. The van der Waals surface area contributed by atoms with Crippen molar-refractivity contribution < 1.29 is 18.0 Å². The zero-order chi connectivity index (χ0) is 18.0. The second kappa shape index (κ2) is 6.54. The summed E-state index contributed by atoms with van der Waals surface area (Å²) in [6, 6.07) is 6.57. The number of nitrogens with one attached hydrogen (secondary N) is 1. The smallest absolute Gasteiger partial charge is 0.369 e. The Morgan fingerprint density at radius 2 is 2.04 bits per heavy atom. The monoisotopic (exact) mass is 348 g/mol. The number of anilines is 1. The Bertz CT molecular complexity index is 918. The van der Waals surface area contributed by atoms with E-state index in [1.54, 1.807) is 35.2 Å². The lowest BCUT2D eigenvalue weighted by molar-refractivity contribution is -0.144. The van der Waals surface area contributed by atoms with Crippen LogP contribution in [0.25, 0.3) is 16.6 Å². The fourth-order valence-corrected chi connectivity index (χ4v) is 2.43. The number of alkyl halides is 3. The zero-order valence-electron chi connectivity index (χ0n) is 13.3. The first-order valence-corrected chi connectivity index (χ1v) is 7.69. The molecule has 0 spiro atoms. The second-order valence-electron chi connectivity index (χ2n) is 5.49. The fourth-order valence-electron chi connectivity index (χ4n) is 2.43. The van der Waals surface area contributed by atoms with E-state index in [0.717, 1.165) is 6.42 Å². The van der Waals surface area contributed by atoms with Crippen LogP contribution in [0.1, 0.15) is 29.5 Å². The summed E-state index contributed by atoms with van der Waals surface area (Å²) in [5, 5.41) is 3.43. The van der Waals surface area contributed by atoms with Crippen LogP contribution in [-0.4, -0.2) is 27.4 Å². The minimum atomic E-state index is -4.63. The minimum Gasteiger partial charge on any atom is -0.369 e. The molecule has 0 aliphatic carbocycles. The first kappa shape index (κ1) is 16.9. The summed E-state index contributed by atoms with van der Waals surface area (Å²) in [5.41, 5.74) is 1.26. The lowest BCUT2D eigenvalue weighted by Crippen LogP contribution is -2.14. The summed E-state index contributed by atoms with van der Waals surface area (Å²) in [4.78, 5) is 18.1. The van der Waals surface area contributed by atoms with E-state index in [2.05, 4.69) is 15.3 Å². The van der Waals surface area contributed by atoms with Gasteiger partial charge >= 0.3 is 6.18 Å². The molecule has 5 nitrogen and oxygen atoms in total. The van der Waals surface area contributed by atoms with Gasteiger partial charge in [-0.15, -0.1) is 0 Å². The van der Waals surface area contributed by atoms with E-state index in [9.17, 15) is 18.0 Å². The number of carbonyl (C=O) groups excluding carboxylic acids is 1. The van der Waals surface area contributed by atoms with Crippen molar-refractivity contribution in [2.75, 3.05) is 11.9 Å². The largest absolute Gasteiger partial charge is 0.451 e. The summed E-state index contributed by atoms with van der Waals surface area (Å²) in [6.07, 6.45) is 0.0747. The van der Waals surface area contributed by atoms with Crippen LogP contribution in [0.3, 0.4) is 0 Å². The predicted molar refractivity (Wildman–Crippen MR) is 88.0 cm³/mol. The predicted octanol–water partition coefficient (Wildman–Crippen LogP) is 4.07. The molecule has 0 unspecified atom stereocenters. The van der Waals surface area contributed by atoms with Crippen LogP contribution in [-0.2, 0) is 6.18 Å². The molecule has 0 atom stereocenters. The Kier molecular flexibility index (Phi) is 4.43. The maximum atomic E-state index is 13.1. The van der Waals surface area contributed by atoms with Crippen LogP contribution < -0.4 is 5.32 Å². The summed E-state index contributed by atoms with van der Waals surface area (Å²) in [6.45, 7) is 2.42. The van der Waals surface area contributed by atoms with Crippen molar-refractivity contribution in [2.45, 2.75) is 19.5 Å². The SMILES string of the molecule is CCCNc1nc(C(F)(F)F)nc2cc(-n3ccc(C=O)c3)ccc12. The van der Waals surface area contributed by atoms with E-state index in [1.807, 2.05) is 6.92 Å². The van der Waals surface area contributed by atoms with Gasteiger partial charge in [-0.2, -0.15) is 13.2 Å². The second-order valence-corrected chi connectivity index (χ2v) is 5.49. The van der Waals surface area contributed by atoms with Crippen molar-refractivity contribution in [3.8, 4) is 5.69 Å². The molecule has 0 saturated heterocycles. The Hall–Kier alpha value is -2.90. The molecule has 25 heavy (non-hydrogen) atoms. The molecule has 3 rings (SSSR count). The van der Waals surface area contributed by atoms with Crippen molar-refractivity contribution in [2.24, 2.45) is 0 Å². The third-order valence-electron chi connectivity index (χ3n) is 3.63. The highest BCUT2D eigenvalue weighted by Crippen LogP contribution is 2.31. The number of carbonyl (C=O) groups is 1. The molecule has 8 heteroatoms. The van der Waals surface area contributed by atoms with Gasteiger partial charge < -0.3 is 9.88 Å². The summed E-state index contributed by atoms with van der Waals surface area (Å²) in [7, 11) is 0. The number of aldehydes is 1. The Balaban J connectivity index is 2.14. The van der Waals surface area contributed by atoms with Gasteiger partial charge in [0, 0.05) is 35.6 Å². The fraction of sp³-hybridized carbons (Fsp3) is 0.235. The normalized spacial score (nSPS) is 11.7. The highest BCUT2D eigenvalue weighted by Gasteiger charge is 2.35. The van der Waals surface area contributed by atoms with Crippen LogP contribution in [0.2, 0.25) is 0 Å². The Labute approximate surface area is 141 Å². The molecule has 0 aliphatic rings. The maximum absolute atomic E-state index is 13.1. The third-order valence-corrected chi connectivity index (χ3v) is 3.63. The number of rotatable bonds is 5. The molecule has 130 valence electrons. The molecule has 2 heterocycles. The number of halogens is 3. The van der Waals surface area contributed by atoms with Crippen LogP contribution >= 0.6 is 0 Å². The number of nitrogens with zero attached hydrogens (tertiary/aromatic N) is 3. The first-order chi connectivity index (χ1) is 11.9. The van der Waals surface area contributed by atoms with E-state index in [0.29, 0.717) is 29.5 Å². The van der Waals surface area contributed by atoms with Crippen molar-refractivity contribution in [3.63, 3.8) is 0 Å². The average Bonchev–Trinajstić information content (AvgIpc) is 3.07. The number of aromatic nitrogens is 3. The highest BCUT2D eigenvalue weighted by molar-refractivity contribution is 5.90. The van der Waals surface area contributed by atoms with Gasteiger partial charge in [0.05, 0.1) is 5.52 Å². The summed E-state index contributed by atoms with van der Waals surface area (Å²) >= 11 is 0. The molecular formula is C17H15F3N4O. The van der Waals surface area contributed by atoms with Crippen LogP contribution in [0.4, 0.5) is 19.0 Å². The van der Waals surface area contributed by atoms with Gasteiger partial charge in [-0.25, -0.2) is 9.97 Å². The van der Waals surface area contributed by atoms with Crippen molar-refractivity contribution >= 4 is 23.0 Å². The standard InChI is InChI=1S/C17H15F3N4O/c1-2-6-21-15-13-4-3-12(24-7-5-11(9-24)10-25)8-14(13)22-16(23-15)17(18,19)20/h3-5,7-10H,2,6H2,1H3,(H,21,22,23). The molecule has 0 bridgehead atoms. The Morgan fingerprint density at radius 3 is 2.68 bits per heavy atom. The molecule has 0 saturated carbocycles. The van der Waals surface area contributed by atoms with Crippen molar-refractivity contribution in [3.05, 3.63) is 48.0 Å². The van der Waals surface area contributed by atoms with Gasteiger partial charge in [-0.3, -0.25) is 4.79 Å². The van der Waals surface area contributed by atoms with Crippen molar-refractivity contribution in [1.82, 2.24) is 14.5 Å². The van der Waals surface area contributed by atoms with Crippen LogP contribution in [0, 0.1) is 0 Å². The molecule has 3 aromatic rings. The van der Waals surface area contributed by atoms with Gasteiger partial charge in [0.25, 0.3) is 0 Å². The van der Waals surface area contributed by atoms with Crippen LogP contribution in [0.5, 0.6) is 0 Å². The number of fused-ring (bicyclic) bond motifs is 1. The quantitative estimate of drug-likeness (QED) is 0.706. The molecule has 0 amide bonds. The van der Waals surface area contributed by atoms with Gasteiger partial charge in [-0.1, -0.05) is 6.92 Å². The molecule has 1 aromatic carbocycles. The van der Waals surface area contributed by atoms with Gasteiger partial charge in [0.15, 0.2) is 6.29 Å². The molecule has 1 N–H and O–H groups in total. The lowest BCUT2D eigenvalue weighted by atomic mass is 10.2. The maximum Gasteiger partial charge on any atom is 0.451 e. The summed E-state index contributed by atoms with van der Waals surface area (Å²) < 4.78 is 40.9. The lowest BCUT2D eigenvalue weighted by Gasteiger charge is -2.13. The molecular weight excluding hydrogens is 333 g/mol. The molecule has 0 radical (unpaired) electrons. The zero-order valence-corrected chi connectivity index (χ0v) is 13.3. The average molecular weight is 348 g/mol. The minimum absolute atomic E-state index is 0.159. The van der Waals surface area contributed by atoms with E-state index in [-0.39, 0.29) is 11.3 Å². The highest BCUT2D eigenvalue weighted by atomic mass is 19.4. The van der Waals surface area contributed by atoms with E-state index < -0.39 is 12.0 Å². The van der Waals surface area contributed by atoms with Crippen LogP contribution in [0.15, 0.2) is 36.7 Å². The topological polar surface area (TPSA) is 59.8 Å². The van der Waals surface area contributed by atoms with E-state index in [1.165, 1.54) is 6.07 Å². The number of hydrogen-bond acceptors (Lipinski definition) is 4. The molecule has 0 aliphatic heterocycles. The van der Waals surface area contributed by atoms with E-state index >= 15 is 0 Å². The number of hydrogen-bond donors (Lipinski definition) is 1. The number of benzene rings is 1. The van der Waals surface area contributed by atoms with Gasteiger partial charge in [0.1, 0.15) is 5.82 Å². The third kappa shape index (κ3) is 3.47. The molecule has 0 fully saturated rings. The van der Waals surface area contributed by atoms with Crippen molar-refractivity contribution in [1.29, 1.82) is 0 Å². The first-order valence-electron chi connectivity index (χ1n) is 7.69. The summed E-state index contributed by atoms with van der Waals surface area (Å²) in [5.74, 6) is -1.02. The van der Waals surface area contributed by atoms with Gasteiger partial charge in [0.2, 0.25) is 5.82 Å². The van der Waals surface area contributed by atoms with E-state index in [4.69, 9.17) is 0 Å². The van der Waals surface area contributed by atoms with Gasteiger partial charge in [-0.05, 0) is 30.7 Å².